The second-order valence-corrected chi connectivity index (χ2v) is 12.0. The number of rotatable bonds is 6. The number of hydrogen-bond acceptors (Lipinski definition) is 5. The Morgan fingerprint density at radius 3 is 1.70 bits per heavy atom. The van der Waals surface area contributed by atoms with Crippen LogP contribution in [0.5, 0.6) is 0 Å². The maximum absolute atomic E-state index is 13.9. The number of esters is 1. The second kappa shape index (κ2) is 9.46. The molecule has 3 aliphatic carbocycles. The van der Waals surface area contributed by atoms with Crippen molar-refractivity contribution in [1.29, 1.82) is 0 Å². The topological polar surface area (TPSA) is 92.8 Å². The molecule has 1 aliphatic heterocycles. The summed E-state index contributed by atoms with van der Waals surface area (Å²) < 4.78 is 5.23. The summed E-state index contributed by atoms with van der Waals surface area (Å²) in [7, 11) is 0. The summed E-state index contributed by atoms with van der Waals surface area (Å²) in [4.78, 5) is 51.3. The third-order valence-corrected chi connectivity index (χ3v) is 9.22. The first-order chi connectivity index (χ1) is 19.1. The molecule has 3 aromatic rings. The van der Waals surface area contributed by atoms with E-state index in [9.17, 15) is 19.2 Å². The molecule has 40 heavy (non-hydrogen) atoms. The van der Waals surface area contributed by atoms with Crippen LogP contribution < -0.4 is 5.32 Å². The zero-order valence-electron chi connectivity index (χ0n) is 21.8. The van der Waals surface area contributed by atoms with Crippen LogP contribution in [0.4, 0.5) is 5.69 Å². The predicted octanol–water partition coefficient (Wildman–Crippen LogP) is 5.03. The van der Waals surface area contributed by atoms with Crippen LogP contribution in [0, 0.1) is 17.8 Å². The lowest BCUT2D eigenvalue weighted by molar-refractivity contribution is -0.142. The monoisotopic (exact) mass is 576 g/mol. The van der Waals surface area contributed by atoms with Crippen molar-refractivity contribution in [3.8, 4) is 0 Å². The highest BCUT2D eigenvalue weighted by Crippen LogP contribution is 2.69. The van der Waals surface area contributed by atoms with Gasteiger partial charge < -0.3 is 10.1 Å². The summed E-state index contributed by atoms with van der Waals surface area (Å²) in [5.74, 6) is -3.80. The minimum atomic E-state index is -1.30. The van der Waals surface area contributed by atoms with Gasteiger partial charge in [-0.25, -0.2) is 4.79 Å². The number of halogens is 2. The summed E-state index contributed by atoms with van der Waals surface area (Å²) >= 11 is 14.8. The summed E-state index contributed by atoms with van der Waals surface area (Å²) in [6.07, 6.45) is 0. The van der Waals surface area contributed by atoms with Crippen LogP contribution in [0.25, 0.3) is 0 Å². The highest BCUT2D eigenvalue weighted by molar-refractivity contribution is 6.36. The van der Waals surface area contributed by atoms with Crippen molar-refractivity contribution in [1.82, 2.24) is 4.90 Å². The minimum absolute atomic E-state index is 0.211. The first-order valence-corrected chi connectivity index (χ1v) is 13.8. The molecule has 0 aromatic heterocycles. The Kier molecular flexibility index (Phi) is 6.28. The molecule has 7 nitrogen and oxygen atoms in total. The predicted molar refractivity (Wildman–Crippen MR) is 150 cm³/mol. The standard InChI is InChI=1S/C31H26Cl2N2O5/c1-17(2)16-40-29(39)18-11-13-19(14-12-18)34-24(36)15-35-27(37)25-26(28(35)38)31(33)21-8-4-3-7-20(21)30(25,32)22-9-5-6-10-23(22)31/h3-14,17,25-26H,15-16H2,1-2H3,(H,34,36)/t25-,26-,30?,31?/m1/s1. The smallest absolute Gasteiger partial charge is 0.338 e. The lowest BCUT2D eigenvalue weighted by atomic mass is 9.54. The second-order valence-electron chi connectivity index (χ2n) is 10.9. The van der Waals surface area contributed by atoms with E-state index in [1.807, 2.05) is 62.4 Å². The van der Waals surface area contributed by atoms with Crippen LogP contribution >= 0.6 is 23.2 Å². The van der Waals surface area contributed by atoms with Crippen LogP contribution in [0.3, 0.4) is 0 Å². The zero-order valence-corrected chi connectivity index (χ0v) is 23.3. The van der Waals surface area contributed by atoms with E-state index in [-0.39, 0.29) is 5.92 Å². The first-order valence-electron chi connectivity index (χ1n) is 13.1. The number of ether oxygens (including phenoxy) is 1. The van der Waals surface area contributed by atoms with Crippen LogP contribution in [0.2, 0.25) is 0 Å². The number of imide groups is 1. The number of amides is 3. The number of carbonyl (C=O) groups excluding carboxylic acids is 4. The lowest BCUT2D eigenvalue weighted by Crippen LogP contribution is -2.57. The van der Waals surface area contributed by atoms with Crippen molar-refractivity contribution in [2.75, 3.05) is 18.5 Å². The maximum Gasteiger partial charge on any atom is 0.338 e. The van der Waals surface area contributed by atoms with Crippen LogP contribution in [-0.2, 0) is 28.9 Å². The van der Waals surface area contributed by atoms with Crippen molar-refractivity contribution in [3.05, 3.63) is 101 Å². The molecule has 3 aromatic carbocycles. The first kappa shape index (κ1) is 26.5. The minimum Gasteiger partial charge on any atom is -0.462 e. The van der Waals surface area contributed by atoms with Gasteiger partial charge in [-0.15, -0.1) is 23.2 Å². The summed E-state index contributed by atoms with van der Waals surface area (Å²) in [5, 5.41) is 2.70. The Morgan fingerprint density at radius 2 is 1.27 bits per heavy atom. The fraction of sp³-hybridized carbons (Fsp3) is 0.290. The Balaban J connectivity index is 1.25. The van der Waals surface area contributed by atoms with Gasteiger partial charge in [-0.05, 0) is 52.4 Å². The molecular weight excluding hydrogens is 551 g/mol. The third kappa shape index (κ3) is 3.71. The Labute approximate surface area is 241 Å². The van der Waals surface area contributed by atoms with Gasteiger partial charge in [0, 0.05) is 5.69 Å². The Morgan fingerprint density at radius 1 is 0.825 bits per heavy atom. The molecule has 2 bridgehead atoms. The van der Waals surface area contributed by atoms with Gasteiger partial charge in [-0.1, -0.05) is 62.4 Å². The molecule has 9 heteroatoms. The average molecular weight is 577 g/mol. The van der Waals surface area contributed by atoms with E-state index in [0.29, 0.717) is 40.1 Å². The van der Waals surface area contributed by atoms with E-state index in [1.165, 1.54) is 0 Å². The molecule has 0 saturated carbocycles. The molecule has 0 radical (unpaired) electrons. The van der Waals surface area contributed by atoms with E-state index >= 15 is 0 Å². The number of benzene rings is 3. The van der Waals surface area contributed by atoms with E-state index < -0.39 is 51.8 Å². The summed E-state index contributed by atoms with van der Waals surface area (Å²) in [6, 6.07) is 20.9. The molecule has 7 rings (SSSR count). The van der Waals surface area contributed by atoms with Crippen molar-refractivity contribution >= 4 is 52.6 Å². The van der Waals surface area contributed by atoms with Crippen molar-refractivity contribution in [2.45, 2.75) is 23.6 Å². The number of nitrogens with zero attached hydrogens (tertiary/aromatic N) is 1. The molecule has 1 N–H and O–H groups in total. The molecule has 0 spiro atoms. The number of likely N-dealkylation sites (tertiary alicyclic amines) is 1. The fourth-order valence-corrected chi connectivity index (χ4v) is 7.34. The van der Waals surface area contributed by atoms with Gasteiger partial charge >= 0.3 is 5.97 Å². The lowest BCUT2D eigenvalue weighted by Gasteiger charge is -2.54. The van der Waals surface area contributed by atoms with Crippen LogP contribution in [0.1, 0.15) is 46.5 Å². The largest absolute Gasteiger partial charge is 0.462 e. The number of nitrogens with one attached hydrogen (secondary N) is 1. The highest BCUT2D eigenvalue weighted by atomic mass is 35.5. The van der Waals surface area contributed by atoms with Gasteiger partial charge in [0.15, 0.2) is 0 Å². The van der Waals surface area contributed by atoms with E-state index in [0.717, 1.165) is 4.90 Å². The molecule has 0 unspecified atom stereocenters. The Bertz CT molecular complexity index is 1450. The SMILES string of the molecule is CC(C)COC(=O)c1ccc(NC(=O)CN2C(=O)[C@H]3[C@H](C2=O)C2(Cl)c4ccccc4C3(Cl)c3ccccc32)cc1. The number of hydrogen-bond donors (Lipinski definition) is 1. The van der Waals surface area contributed by atoms with E-state index in [2.05, 4.69) is 5.32 Å². The molecule has 4 aliphatic rings. The summed E-state index contributed by atoms with van der Waals surface area (Å²) in [5.41, 5.74) is 3.56. The van der Waals surface area contributed by atoms with Gasteiger partial charge in [0.1, 0.15) is 16.3 Å². The molecule has 1 fully saturated rings. The molecule has 2 atom stereocenters. The molecule has 1 heterocycles. The molecule has 204 valence electrons. The third-order valence-electron chi connectivity index (χ3n) is 7.93. The number of carbonyl (C=O) groups is 4. The molecule has 3 amide bonds. The van der Waals surface area contributed by atoms with Gasteiger partial charge in [-0.3, -0.25) is 19.3 Å². The highest BCUT2D eigenvalue weighted by Gasteiger charge is 2.73. The van der Waals surface area contributed by atoms with Gasteiger partial charge in [0.05, 0.1) is 24.0 Å². The quantitative estimate of drug-likeness (QED) is 0.252. The fourth-order valence-electron chi connectivity index (χ4n) is 6.24. The maximum atomic E-state index is 13.9. The average Bonchev–Trinajstić information content (AvgIpc) is 3.21. The van der Waals surface area contributed by atoms with Crippen molar-refractivity contribution < 1.29 is 23.9 Å². The van der Waals surface area contributed by atoms with Gasteiger partial charge in [0.2, 0.25) is 17.7 Å². The number of anilines is 1. The molecule has 1 saturated heterocycles. The Hall–Kier alpha value is -3.68. The number of alkyl halides is 2. The van der Waals surface area contributed by atoms with Gasteiger partial charge in [-0.2, -0.15) is 0 Å². The van der Waals surface area contributed by atoms with Gasteiger partial charge in [0.25, 0.3) is 0 Å². The molecular formula is C31H26Cl2N2O5. The van der Waals surface area contributed by atoms with E-state index in [1.54, 1.807) is 24.3 Å². The van der Waals surface area contributed by atoms with Crippen molar-refractivity contribution in [3.63, 3.8) is 0 Å². The van der Waals surface area contributed by atoms with Crippen LogP contribution in [-0.4, -0.2) is 41.7 Å². The summed E-state index contributed by atoms with van der Waals surface area (Å²) in [6.45, 7) is 3.70. The van der Waals surface area contributed by atoms with Crippen molar-refractivity contribution in [2.24, 2.45) is 17.8 Å². The zero-order chi connectivity index (χ0) is 28.4. The normalized spacial score (nSPS) is 25.9. The van der Waals surface area contributed by atoms with Crippen LogP contribution in [0.15, 0.2) is 72.8 Å². The van der Waals surface area contributed by atoms with E-state index in [4.69, 9.17) is 27.9 Å².